The summed E-state index contributed by atoms with van der Waals surface area (Å²) in [5.41, 5.74) is 0. The van der Waals surface area contributed by atoms with Crippen LogP contribution < -0.4 is 5.32 Å². The molecular weight excluding hydrogens is 258 g/mol. The molecule has 1 aromatic heterocycles. The van der Waals surface area contributed by atoms with Gasteiger partial charge in [-0.3, -0.25) is 19.3 Å². The summed E-state index contributed by atoms with van der Waals surface area (Å²) in [5, 5.41) is 6.78. The largest absolute Gasteiger partial charge is 0.329 e. The number of nitrogens with zero attached hydrogens (tertiary/aromatic N) is 4. The third kappa shape index (κ3) is 2.67. The van der Waals surface area contributed by atoms with Crippen molar-refractivity contribution in [1.29, 1.82) is 0 Å². The van der Waals surface area contributed by atoms with E-state index in [1.54, 1.807) is 6.20 Å². The topological polar surface area (TPSA) is 70.5 Å². The zero-order chi connectivity index (χ0) is 13.9. The fourth-order valence-corrected chi connectivity index (χ4v) is 2.93. The molecule has 2 saturated heterocycles. The summed E-state index contributed by atoms with van der Waals surface area (Å²) in [4.78, 5) is 26.7. The Bertz CT molecular complexity index is 471. The first-order valence-corrected chi connectivity index (χ1v) is 7.04. The van der Waals surface area contributed by atoms with E-state index >= 15 is 0 Å². The van der Waals surface area contributed by atoms with E-state index in [9.17, 15) is 9.59 Å². The van der Waals surface area contributed by atoms with Gasteiger partial charge in [0.15, 0.2) is 0 Å². The number of nitrogens with one attached hydrogen (secondary N) is 1. The predicted molar refractivity (Wildman–Crippen MR) is 71.9 cm³/mol. The Labute approximate surface area is 117 Å². The highest BCUT2D eigenvalue weighted by Gasteiger charge is 2.30. The van der Waals surface area contributed by atoms with Crippen molar-refractivity contribution in [3.8, 4) is 0 Å². The van der Waals surface area contributed by atoms with E-state index in [-0.39, 0.29) is 18.5 Å². The number of urea groups is 1. The minimum atomic E-state index is -0.266. The highest BCUT2D eigenvalue weighted by atomic mass is 16.2. The molecule has 0 bridgehead atoms. The van der Waals surface area contributed by atoms with Crippen LogP contribution in [0.3, 0.4) is 0 Å². The SMILES string of the molecule is O=C1CNC(=O)N1CCN1CCC[C@H]1Cn1cccn1. The van der Waals surface area contributed by atoms with Crippen LogP contribution in [-0.2, 0) is 11.3 Å². The molecule has 2 aliphatic heterocycles. The van der Waals surface area contributed by atoms with E-state index in [1.807, 2.05) is 16.9 Å². The van der Waals surface area contributed by atoms with Crippen LogP contribution in [0.25, 0.3) is 0 Å². The number of rotatable bonds is 5. The minimum absolute atomic E-state index is 0.127. The molecule has 7 nitrogen and oxygen atoms in total. The van der Waals surface area contributed by atoms with Gasteiger partial charge in [0.1, 0.15) is 0 Å². The Morgan fingerprint density at radius 3 is 2.95 bits per heavy atom. The third-order valence-corrected chi connectivity index (χ3v) is 4.00. The van der Waals surface area contributed by atoms with Crippen molar-refractivity contribution in [3.63, 3.8) is 0 Å². The quantitative estimate of drug-likeness (QED) is 0.763. The molecule has 20 heavy (non-hydrogen) atoms. The monoisotopic (exact) mass is 277 g/mol. The van der Waals surface area contributed by atoms with E-state index in [0.717, 1.165) is 32.5 Å². The van der Waals surface area contributed by atoms with E-state index in [4.69, 9.17) is 0 Å². The van der Waals surface area contributed by atoms with Crippen LogP contribution in [-0.4, -0.2) is 63.7 Å². The van der Waals surface area contributed by atoms with Crippen molar-refractivity contribution in [2.45, 2.75) is 25.4 Å². The zero-order valence-electron chi connectivity index (χ0n) is 11.4. The first-order valence-electron chi connectivity index (χ1n) is 7.04. The standard InChI is InChI=1S/C13H19N5O2/c19-12-9-14-13(20)18(12)8-7-16-5-1-3-11(16)10-17-6-2-4-15-17/h2,4,6,11H,1,3,5,7-10H2,(H,14,20)/t11-/m0/s1. The number of hydrogen-bond acceptors (Lipinski definition) is 4. The Hall–Kier alpha value is -1.89. The second kappa shape index (κ2) is 5.62. The summed E-state index contributed by atoms with van der Waals surface area (Å²) in [7, 11) is 0. The second-order valence-electron chi connectivity index (χ2n) is 5.26. The Morgan fingerprint density at radius 1 is 1.35 bits per heavy atom. The van der Waals surface area contributed by atoms with Gasteiger partial charge in [-0.05, 0) is 25.5 Å². The molecule has 1 aromatic rings. The number of carbonyl (C=O) groups excluding carboxylic acids is 2. The first-order chi connectivity index (χ1) is 9.74. The Kier molecular flexibility index (Phi) is 3.68. The summed E-state index contributed by atoms with van der Waals surface area (Å²) >= 11 is 0. The van der Waals surface area contributed by atoms with E-state index in [1.165, 1.54) is 4.90 Å². The average Bonchev–Trinajstić information content (AvgIpc) is 3.14. The molecule has 108 valence electrons. The molecule has 2 fully saturated rings. The summed E-state index contributed by atoms with van der Waals surface area (Å²) in [6.45, 7) is 3.24. The van der Waals surface area contributed by atoms with E-state index in [2.05, 4.69) is 15.3 Å². The fraction of sp³-hybridized carbons (Fsp3) is 0.615. The number of carbonyl (C=O) groups is 2. The lowest BCUT2D eigenvalue weighted by Crippen LogP contribution is -2.41. The Balaban J connectivity index is 1.53. The highest BCUT2D eigenvalue weighted by Crippen LogP contribution is 2.18. The van der Waals surface area contributed by atoms with Crippen molar-refractivity contribution in [2.75, 3.05) is 26.2 Å². The van der Waals surface area contributed by atoms with Gasteiger partial charge in [0.05, 0.1) is 13.1 Å². The maximum atomic E-state index is 11.5. The van der Waals surface area contributed by atoms with Crippen LogP contribution >= 0.6 is 0 Å². The maximum absolute atomic E-state index is 11.5. The maximum Gasteiger partial charge on any atom is 0.324 e. The van der Waals surface area contributed by atoms with Gasteiger partial charge in [-0.2, -0.15) is 5.10 Å². The Morgan fingerprint density at radius 2 is 2.25 bits per heavy atom. The van der Waals surface area contributed by atoms with Gasteiger partial charge >= 0.3 is 6.03 Å². The number of aromatic nitrogens is 2. The second-order valence-corrected chi connectivity index (χ2v) is 5.26. The molecule has 0 aromatic carbocycles. The zero-order valence-corrected chi connectivity index (χ0v) is 11.4. The van der Waals surface area contributed by atoms with Crippen LogP contribution in [0.15, 0.2) is 18.5 Å². The molecule has 0 radical (unpaired) electrons. The lowest BCUT2D eigenvalue weighted by Gasteiger charge is -2.26. The molecule has 3 heterocycles. The lowest BCUT2D eigenvalue weighted by molar-refractivity contribution is -0.125. The number of likely N-dealkylation sites (tertiary alicyclic amines) is 1. The summed E-state index contributed by atoms with van der Waals surface area (Å²) in [6, 6.07) is 2.10. The van der Waals surface area contributed by atoms with Crippen molar-refractivity contribution < 1.29 is 9.59 Å². The smallest absolute Gasteiger partial charge is 0.324 e. The van der Waals surface area contributed by atoms with E-state index in [0.29, 0.717) is 12.6 Å². The third-order valence-electron chi connectivity index (χ3n) is 4.00. The molecule has 2 aliphatic rings. The molecule has 0 unspecified atom stereocenters. The van der Waals surface area contributed by atoms with Gasteiger partial charge in [-0.25, -0.2) is 4.79 Å². The molecule has 1 atom stereocenters. The van der Waals surface area contributed by atoms with Gasteiger partial charge in [0.2, 0.25) is 5.91 Å². The van der Waals surface area contributed by atoms with Crippen molar-refractivity contribution in [3.05, 3.63) is 18.5 Å². The predicted octanol–water partition coefficient (Wildman–Crippen LogP) is -0.101. The lowest BCUT2D eigenvalue weighted by atomic mass is 10.2. The summed E-state index contributed by atoms with van der Waals surface area (Å²) in [5.74, 6) is -0.127. The molecule has 3 amide bonds. The molecule has 0 spiro atoms. The molecule has 7 heteroatoms. The van der Waals surface area contributed by atoms with Crippen LogP contribution in [0.2, 0.25) is 0 Å². The summed E-state index contributed by atoms with van der Waals surface area (Å²) < 4.78 is 1.94. The van der Waals surface area contributed by atoms with Gasteiger partial charge in [0.25, 0.3) is 0 Å². The highest BCUT2D eigenvalue weighted by molar-refractivity contribution is 6.01. The van der Waals surface area contributed by atoms with Crippen LogP contribution in [0, 0.1) is 0 Å². The fourth-order valence-electron chi connectivity index (χ4n) is 2.93. The van der Waals surface area contributed by atoms with Crippen molar-refractivity contribution in [1.82, 2.24) is 24.9 Å². The molecule has 3 rings (SSSR count). The van der Waals surface area contributed by atoms with Gasteiger partial charge < -0.3 is 5.32 Å². The van der Waals surface area contributed by atoms with Crippen molar-refractivity contribution in [2.24, 2.45) is 0 Å². The van der Waals surface area contributed by atoms with Gasteiger partial charge in [0, 0.05) is 31.5 Å². The van der Waals surface area contributed by atoms with Crippen molar-refractivity contribution >= 4 is 11.9 Å². The molecule has 0 saturated carbocycles. The van der Waals surface area contributed by atoms with E-state index < -0.39 is 0 Å². The minimum Gasteiger partial charge on any atom is -0.329 e. The summed E-state index contributed by atoms with van der Waals surface area (Å²) in [6.07, 6.45) is 6.05. The van der Waals surface area contributed by atoms with Gasteiger partial charge in [-0.15, -0.1) is 0 Å². The molecule has 0 aliphatic carbocycles. The average molecular weight is 277 g/mol. The number of hydrogen-bond donors (Lipinski definition) is 1. The first kappa shape index (κ1) is 13.1. The number of amides is 3. The number of imide groups is 1. The molecular formula is C13H19N5O2. The molecule has 1 N–H and O–H groups in total. The van der Waals surface area contributed by atoms with Crippen LogP contribution in [0.1, 0.15) is 12.8 Å². The van der Waals surface area contributed by atoms with Crippen LogP contribution in [0.4, 0.5) is 4.79 Å². The van der Waals surface area contributed by atoms with Crippen LogP contribution in [0.5, 0.6) is 0 Å². The van der Waals surface area contributed by atoms with Gasteiger partial charge in [-0.1, -0.05) is 0 Å². The normalized spacial score (nSPS) is 23.6.